The van der Waals surface area contributed by atoms with E-state index in [9.17, 15) is 18.0 Å². The van der Waals surface area contributed by atoms with Gasteiger partial charge >= 0.3 is 6.18 Å². The summed E-state index contributed by atoms with van der Waals surface area (Å²) in [6, 6.07) is 6.32. The topological polar surface area (TPSA) is 46.9 Å². The molecule has 0 radical (unpaired) electrons. The molecule has 20 heavy (non-hydrogen) atoms. The molecule has 0 saturated heterocycles. The van der Waals surface area contributed by atoms with E-state index in [-0.39, 0.29) is 6.54 Å². The zero-order valence-electron chi connectivity index (χ0n) is 10.6. The van der Waals surface area contributed by atoms with Crippen LogP contribution in [0.2, 0.25) is 0 Å². The minimum Gasteiger partial charge on any atom is -0.373 e. The van der Waals surface area contributed by atoms with Crippen molar-refractivity contribution in [3.63, 3.8) is 0 Å². The summed E-state index contributed by atoms with van der Waals surface area (Å²) in [4.78, 5) is 15.7. The van der Waals surface area contributed by atoms with E-state index in [1.807, 2.05) is 0 Å². The molecule has 2 aromatic heterocycles. The molecule has 1 N–H and O–H groups in total. The molecule has 0 spiro atoms. The molecule has 0 aliphatic heterocycles. The van der Waals surface area contributed by atoms with Gasteiger partial charge in [0.25, 0.3) is 5.56 Å². The summed E-state index contributed by atoms with van der Waals surface area (Å²) < 4.78 is 39.5. The highest BCUT2D eigenvalue weighted by molar-refractivity contribution is 5.43. The van der Waals surface area contributed by atoms with Crippen LogP contribution < -0.4 is 10.9 Å². The van der Waals surface area contributed by atoms with Crippen LogP contribution in [0.15, 0.2) is 41.3 Å². The smallest absolute Gasteiger partial charge is 0.373 e. The lowest BCUT2D eigenvalue weighted by atomic mass is 10.2. The van der Waals surface area contributed by atoms with Crippen molar-refractivity contribution in [3.8, 4) is 0 Å². The third-order valence-corrected chi connectivity index (χ3v) is 2.80. The molecular formula is C13H12F3N3O. The predicted octanol–water partition coefficient (Wildman–Crippen LogP) is 2.35. The highest BCUT2D eigenvalue weighted by atomic mass is 19.4. The van der Waals surface area contributed by atoms with E-state index >= 15 is 0 Å². The Kier molecular flexibility index (Phi) is 3.78. The van der Waals surface area contributed by atoms with Crippen molar-refractivity contribution in [2.75, 3.05) is 12.4 Å². The van der Waals surface area contributed by atoms with Crippen LogP contribution in [0.3, 0.4) is 0 Å². The minimum atomic E-state index is -4.58. The van der Waals surface area contributed by atoms with Gasteiger partial charge in [0, 0.05) is 24.9 Å². The highest BCUT2D eigenvalue weighted by Crippen LogP contribution is 2.28. The maximum absolute atomic E-state index is 12.9. The molecule has 0 aliphatic rings. The molecule has 7 heteroatoms. The monoisotopic (exact) mass is 283 g/mol. The molecule has 0 atom stereocenters. The van der Waals surface area contributed by atoms with Crippen LogP contribution in [0.25, 0.3) is 0 Å². The van der Waals surface area contributed by atoms with Crippen LogP contribution in [-0.4, -0.2) is 16.6 Å². The molecule has 2 rings (SSSR count). The van der Waals surface area contributed by atoms with Gasteiger partial charge in [0.15, 0.2) is 0 Å². The van der Waals surface area contributed by atoms with Gasteiger partial charge in [0.1, 0.15) is 11.5 Å². The Hall–Kier alpha value is -2.31. The third-order valence-electron chi connectivity index (χ3n) is 2.80. The lowest BCUT2D eigenvalue weighted by molar-refractivity contribution is -0.144. The third kappa shape index (κ3) is 2.81. The maximum atomic E-state index is 12.9. The summed E-state index contributed by atoms with van der Waals surface area (Å²) in [7, 11) is 1.62. The number of hydrogen-bond acceptors (Lipinski definition) is 3. The van der Waals surface area contributed by atoms with Crippen LogP contribution in [0.1, 0.15) is 11.3 Å². The fourth-order valence-electron chi connectivity index (χ4n) is 1.89. The van der Waals surface area contributed by atoms with Gasteiger partial charge in [-0.15, -0.1) is 0 Å². The number of nitrogens with zero attached hydrogens (tertiary/aromatic N) is 2. The maximum Gasteiger partial charge on any atom is 0.431 e. The van der Waals surface area contributed by atoms with E-state index in [1.54, 1.807) is 19.2 Å². The fourth-order valence-corrected chi connectivity index (χ4v) is 1.89. The van der Waals surface area contributed by atoms with Crippen molar-refractivity contribution in [3.05, 3.63) is 58.1 Å². The molecule has 0 aliphatic carbocycles. The highest BCUT2D eigenvalue weighted by Gasteiger charge is 2.34. The average molecular weight is 283 g/mol. The number of rotatable bonds is 3. The molecular weight excluding hydrogens is 271 g/mol. The first-order valence-electron chi connectivity index (χ1n) is 5.82. The minimum absolute atomic E-state index is 0.196. The molecule has 0 bridgehead atoms. The number of halogens is 3. The molecule has 106 valence electrons. The van der Waals surface area contributed by atoms with Gasteiger partial charge in [-0.05, 0) is 12.1 Å². The second-order valence-corrected chi connectivity index (χ2v) is 4.09. The lowest BCUT2D eigenvalue weighted by Crippen LogP contribution is -2.27. The van der Waals surface area contributed by atoms with Crippen LogP contribution in [-0.2, 0) is 12.7 Å². The summed E-state index contributed by atoms with van der Waals surface area (Å²) in [6.45, 7) is -0.196. The summed E-state index contributed by atoms with van der Waals surface area (Å²) in [5.41, 5.74) is -1.17. The Labute approximate surface area is 112 Å². The SMILES string of the molecule is CNc1ncccc1Cn1c(C(F)(F)F)cccc1=O. The van der Waals surface area contributed by atoms with Gasteiger partial charge in [-0.3, -0.25) is 9.36 Å². The van der Waals surface area contributed by atoms with Crippen LogP contribution in [0.4, 0.5) is 19.0 Å². The summed E-state index contributed by atoms with van der Waals surface area (Å²) in [6.07, 6.45) is -3.06. The van der Waals surface area contributed by atoms with Crippen molar-refractivity contribution in [1.29, 1.82) is 0 Å². The number of aromatic nitrogens is 2. The molecule has 0 fully saturated rings. The van der Waals surface area contributed by atoms with Crippen LogP contribution >= 0.6 is 0 Å². The Bertz CT molecular complexity index is 664. The molecule has 2 aromatic rings. The first-order chi connectivity index (χ1) is 9.43. The largest absolute Gasteiger partial charge is 0.431 e. The quantitative estimate of drug-likeness (QED) is 0.940. The van der Waals surface area contributed by atoms with E-state index in [0.717, 1.165) is 18.2 Å². The summed E-state index contributed by atoms with van der Waals surface area (Å²) in [5.74, 6) is 0.441. The van der Waals surface area contributed by atoms with E-state index < -0.39 is 17.4 Å². The van der Waals surface area contributed by atoms with Crippen molar-refractivity contribution in [1.82, 2.24) is 9.55 Å². The van der Waals surface area contributed by atoms with Crippen LogP contribution in [0, 0.1) is 0 Å². The molecule has 2 heterocycles. The molecule has 0 amide bonds. The molecule has 0 unspecified atom stereocenters. The predicted molar refractivity (Wildman–Crippen MR) is 68.6 cm³/mol. The van der Waals surface area contributed by atoms with Gasteiger partial charge < -0.3 is 5.32 Å². The Morgan fingerprint density at radius 1 is 1.25 bits per heavy atom. The standard InChI is InChI=1S/C13H12F3N3O/c1-17-12-9(4-3-7-18-12)8-19-10(13(14,15)16)5-2-6-11(19)20/h2-7H,8H2,1H3,(H,17,18). The van der Waals surface area contributed by atoms with E-state index in [0.29, 0.717) is 15.9 Å². The van der Waals surface area contributed by atoms with Crippen molar-refractivity contribution < 1.29 is 13.2 Å². The Balaban J connectivity index is 2.51. The fraction of sp³-hybridized carbons (Fsp3) is 0.231. The summed E-state index contributed by atoms with van der Waals surface area (Å²) >= 11 is 0. The Morgan fingerprint density at radius 3 is 2.65 bits per heavy atom. The van der Waals surface area contributed by atoms with Crippen LogP contribution in [0.5, 0.6) is 0 Å². The van der Waals surface area contributed by atoms with E-state index in [2.05, 4.69) is 10.3 Å². The molecule has 4 nitrogen and oxygen atoms in total. The first kappa shape index (κ1) is 14.1. The van der Waals surface area contributed by atoms with Crippen molar-refractivity contribution in [2.45, 2.75) is 12.7 Å². The van der Waals surface area contributed by atoms with E-state index in [1.165, 1.54) is 6.20 Å². The first-order valence-corrected chi connectivity index (χ1v) is 5.82. The van der Waals surface area contributed by atoms with Crippen molar-refractivity contribution in [2.24, 2.45) is 0 Å². The second-order valence-electron chi connectivity index (χ2n) is 4.09. The second kappa shape index (κ2) is 5.36. The zero-order valence-corrected chi connectivity index (χ0v) is 10.6. The Morgan fingerprint density at radius 2 is 2.00 bits per heavy atom. The number of nitrogens with one attached hydrogen (secondary N) is 1. The zero-order chi connectivity index (χ0) is 14.8. The molecule has 0 aromatic carbocycles. The van der Waals surface area contributed by atoms with Gasteiger partial charge in [0.05, 0.1) is 6.54 Å². The number of hydrogen-bond donors (Lipinski definition) is 1. The number of anilines is 1. The van der Waals surface area contributed by atoms with Gasteiger partial charge in [-0.1, -0.05) is 12.1 Å². The van der Waals surface area contributed by atoms with Crippen molar-refractivity contribution >= 4 is 5.82 Å². The van der Waals surface area contributed by atoms with Gasteiger partial charge in [-0.2, -0.15) is 13.2 Å². The summed E-state index contributed by atoms with van der Waals surface area (Å²) in [5, 5.41) is 2.79. The number of alkyl halides is 3. The van der Waals surface area contributed by atoms with E-state index in [4.69, 9.17) is 0 Å². The lowest BCUT2D eigenvalue weighted by Gasteiger charge is -2.16. The van der Waals surface area contributed by atoms with Gasteiger partial charge in [0.2, 0.25) is 0 Å². The normalized spacial score (nSPS) is 11.4. The van der Waals surface area contributed by atoms with Gasteiger partial charge in [-0.25, -0.2) is 4.98 Å². The molecule has 0 saturated carbocycles. The average Bonchev–Trinajstić information content (AvgIpc) is 2.40. The number of pyridine rings is 2.